The monoisotopic (exact) mass is 370 g/mol. The van der Waals surface area contributed by atoms with Crippen molar-refractivity contribution in [1.82, 2.24) is 9.66 Å². The number of methoxy groups -OCH3 is 1. The minimum Gasteiger partial charge on any atom is -0.492 e. The van der Waals surface area contributed by atoms with Gasteiger partial charge in [0.05, 0.1) is 19.5 Å². The first-order valence-corrected chi connectivity index (χ1v) is 8.80. The van der Waals surface area contributed by atoms with Gasteiger partial charge in [-0.25, -0.2) is 9.66 Å². The molecule has 2 N–H and O–H groups in total. The fraction of sp³-hybridized carbons (Fsp3) is 0.211. The Morgan fingerprint density at radius 3 is 2.92 bits per heavy atom. The third-order valence-corrected chi connectivity index (χ3v) is 4.63. The lowest BCUT2D eigenvalue weighted by Gasteiger charge is -2.27. The highest BCUT2D eigenvalue weighted by atomic mass is 35.5. The van der Waals surface area contributed by atoms with Crippen molar-refractivity contribution in [2.45, 2.75) is 6.54 Å². The summed E-state index contributed by atoms with van der Waals surface area (Å²) in [7, 11) is 1.63. The summed E-state index contributed by atoms with van der Waals surface area (Å²) in [5, 5.41) is 3.93. The summed E-state index contributed by atoms with van der Waals surface area (Å²) in [6.07, 6.45) is 9.44. The number of rotatable bonds is 5. The van der Waals surface area contributed by atoms with Gasteiger partial charge in [0.1, 0.15) is 12.9 Å². The fourth-order valence-electron chi connectivity index (χ4n) is 3.28. The highest BCUT2D eigenvalue weighted by Gasteiger charge is 2.19. The highest BCUT2D eigenvalue weighted by molar-refractivity contribution is 6.18. The fourth-order valence-corrected chi connectivity index (χ4v) is 3.36. The molecule has 134 valence electrons. The SMILES string of the molecule is COc1c(OCCCl)ccc2c(N)c3c(cc12)CN(n1ccnc1)C=C3. The number of nitrogen functional groups attached to an aromatic ring is 1. The summed E-state index contributed by atoms with van der Waals surface area (Å²) >= 11 is 5.74. The number of ether oxygens (including phenoxy) is 2. The molecule has 1 aliphatic heterocycles. The number of hydrogen-bond donors (Lipinski definition) is 1. The zero-order valence-corrected chi connectivity index (χ0v) is 15.1. The lowest BCUT2D eigenvalue weighted by atomic mass is 9.96. The van der Waals surface area contributed by atoms with E-state index in [2.05, 4.69) is 16.1 Å². The van der Waals surface area contributed by atoms with E-state index in [0.29, 0.717) is 30.5 Å². The third kappa shape index (κ3) is 2.72. The molecule has 1 aliphatic rings. The molecule has 0 amide bonds. The van der Waals surface area contributed by atoms with Crippen molar-refractivity contribution in [3.05, 3.63) is 54.2 Å². The van der Waals surface area contributed by atoms with E-state index < -0.39 is 0 Å². The van der Waals surface area contributed by atoms with Crippen molar-refractivity contribution in [2.24, 2.45) is 0 Å². The number of aromatic nitrogens is 2. The molecule has 3 aromatic rings. The molecule has 0 atom stereocenters. The Balaban J connectivity index is 1.83. The average Bonchev–Trinajstić information content (AvgIpc) is 3.20. The zero-order chi connectivity index (χ0) is 18.1. The molecule has 2 aromatic carbocycles. The quantitative estimate of drug-likeness (QED) is 0.551. The van der Waals surface area contributed by atoms with Gasteiger partial charge >= 0.3 is 0 Å². The summed E-state index contributed by atoms with van der Waals surface area (Å²) in [5.41, 5.74) is 9.35. The number of alkyl halides is 1. The molecule has 6 nitrogen and oxygen atoms in total. The van der Waals surface area contributed by atoms with Crippen molar-refractivity contribution in [1.29, 1.82) is 0 Å². The second-order valence-corrected chi connectivity index (χ2v) is 6.33. The van der Waals surface area contributed by atoms with E-state index in [4.69, 9.17) is 26.8 Å². The van der Waals surface area contributed by atoms with Gasteiger partial charge in [0.25, 0.3) is 0 Å². The Kier molecular flexibility index (Phi) is 4.34. The van der Waals surface area contributed by atoms with Crippen LogP contribution in [0.2, 0.25) is 0 Å². The van der Waals surface area contributed by atoms with E-state index in [1.165, 1.54) is 0 Å². The van der Waals surface area contributed by atoms with Gasteiger partial charge in [-0.05, 0) is 29.8 Å². The third-order valence-electron chi connectivity index (χ3n) is 4.48. The lowest BCUT2D eigenvalue weighted by molar-refractivity contribution is 0.315. The second-order valence-electron chi connectivity index (χ2n) is 5.95. The summed E-state index contributed by atoms with van der Waals surface area (Å²) in [5.74, 6) is 1.75. The van der Waals surface area contributed by atoms with Crippen LogP contribution in [0.4, 0.5) is 5.69 Å². The predicted molar refractivity (Wildman–Crippen MR) is 104 cm³/mol. The largest absolute Gasteiger partial charge is 0.492 e. The Morgan fingerprint density at radius 1 is 1.31 bits per heavy atom. The van der Waals surface area contributed by atoms with Crippen LogP contribution in [0.3, 0.4) is 0 Å². The van der Waals surface area contributed by atoms with E-state index in [-0.39, 0.29) is 0 Å². The topological polar surface area (TPSA) is 65.5 Å². The van der Waals surface area contributed by atoms with Crippen molar-refractivity contribution < 1.29 is 9.47 Å². The minimum atomic E-state index is 0.415. The van der Waals surface area contributed by atoms with Gasteiger partial charge < -0.3 is 15.2 Å². The number of nitrogens with zero attached hydrogens (tertiary/aromatic N) is 3. The molecule has 26 heavy (non-hydrogen) atoms. The molecule has 2 heterocycles. The van der Waals surface area contributed by atoms with Gasteiger partial charge in [-0.3, -0.25) is 5.01 Å². The maximum Gasteiger partial charge on any atom is 0.168 e. The maximum atomic E-state index is 6.47. The van der Waals surface area contributed by atoms with E-state index in [1.54, 1.807) is 19.6 Å². The van der Waals surface area contributed by atoms with E-state index in [9.17, 15) is 0 Å². The number of fused-ring (bicyclic) bond motifs is 2. The van der Waals surface area contributed by atoms with Crippen LogP contribution in [0.15, 0.2) is 43.1 Å². The Hall–Kier alpha value is -2.86. The van der Waals surface area contributed by atoms with Crippen LogP contribution in [-0.2, 0) is 6.54 Å². The molecule has 7 heteroatoms. The van der Waals surface area contributed by atoms with Crippen LogP contribution in [0.5, 0.6) is 11.5 Å². The Morgan fingerprint density at radius 2 is 2.19 bits per heavy atom. The van der Waals surface area contributed by atoms with Crippen LogP contribution in [0, 0.1) is 0 Å². The molecule has 0 spiro atoms. The van der Waals surface area contributed by atoms with Crippen molar-refractivity contribution in [3.63, 3.8) is 0 Å². The molecule has 0 bridgehead atoms. The van der Waals surface area contributed by atoms with Crippen molar-refractivity contribution >= 4 is 34.1 Å². The summed E-state index contributed by atoms with van der Waals surface area (Å²) in [6.45, 7) is 1.10. The lowest BCUT2D eigenvalue weighted by Crippen LogP contribution is -2.29. The molecule has 0 radical (unpaired) electrons. The first kappa shape index (κ1) is 16.6. The van der Waals surface area contributed by atoms with E-state index in [1.807, 2.05) is 35.3 Å². The van der Waals surface area contributed by atoms with Gasteiger partial charge in [0.2, 0.25) is 0 Å². The predicted octanol–water partition coefficient (Wildman–Crippen LogP) is 3.37. The Labute approximate surface area is 156 Å². The first-order valence-electron chi connectivity index (χ1n) is 8.27. The van der Waals surface area contributed by atoms with E-state index in [0.717, 1.165) is 27.6 Å². The first-order chi connectivity index (χ1) is 12.7. The molecular weight excluding hydrogens is 352 g/mol. The number of anilines is 1. The number of halogens is 1. The van der Waals surface area contributed by atoms with Gasteiger partial charge in [0.15, 0.2) is 11.5 Å². The maximum absolute atomic E-state index is 6.47. The Bertz CT molecular complexity index is 970. The average molecular weight is 371 g/mol. The van der Waals surface area contributed by atoms with Crippen LogP contribution in [0.25, 0.3) is 16.8 Å². The highest BCUT2D eigenvalue weighted by Crippen LogP contribution is 2.41. The van der Waals surface area contributed by atoms with Gasteiger partial charge in [-0.15, -0.1) is 11.6 Å². The molecule has 0 saturated carbocycles. The van der Waals surface area contributed by atoms with Crippen LogP contribution < -0.4 is 20.2 Å². The summed E-state index contributed by atoms with van der Waals surface area (Å²) in [6, 6.07) is 5.95. The number of benzene rings is 2. The molecule has 1 aromatic heterocycles. The molecular formula is C19H19ClN4O2. The molecule has 0 aliphatic carbocycles. The summed E-state index contributed by atoms with van der Waals surface area (Å²) < 4.78 is 13.3. The molecule has 0 fully saturated rings. The number of hydrogen-bond acceptors (Lipinski definition) is 5. The van der Waals surface area contributed by atoms with Crippen molar-refractivity contribution in [3.8, 4) is 11.5 Å². The van der Waals surface area contributed by atoms with Crippen LogP contribution >= 0.6 is 11.6 Å². The van der Waals surface area contributed by atoms with E-state index >= 15 is 0 Å². The van der Waals surface area contributed by atoms with Gasteiger partial charge in [0, 0.05) is 40.6 Å². The number of imidazole rings is 1. The molecule has 0 saturated heterocycles. The molecule has 0 unspecified atom stereocenters. The van der Waals surface area contributed by atoms with Crippen LogP contribution in [0.1, 0.15) is 11.1 Å². The van der Waals surface area contributed by atoms with Crippen LogP contribution in [-0.4, -0.2) is 29.3 Å². The number of nitrogens with two attached hydrogens (primary N) is 1. The molecule has 4 rings (SSSR count). The van der Waals surface area contributed by atoms with Gasteiger partial charge in [-0.1, -0.05) is 0 Å². The second kappa shape index (κ2) is 6.80. The standard InChI is InChI=1S/C19H19ClN4O2/c1-25-19-16-10-13-11-23(24-8-6-22-12-24)7-4-14(13)18(21)15(16)2-3-17(19)26-9-5-20/h2-4,6-8,10,12H,5,9,11,21H2,1H3. The summed E-state index contributed by atoms with van der Waals surface area (Å²) in [4.78, 5) is 4.10. The zero-order valence-electron chi connectivity index (χ0n) is 14.4. The smallest absolute Gasteiger partial charge is 0.168 e. The normalized spacial score (nSPS) is 13.1. The van der Waals surface area contributed by atoms with Gasteiger partial charge in [-0.2, -0.15) is 0 Å². The van der Waals surface area contributed by atoms with Crippen molar-refractivity contribution in [2.75, 3.05) is 30.3 Å². The minimum absolute atomic E-state index is 0.415.